The lowest BCUT2D eigenvalue weighted by Gasteiger charge is -2.09. The molecule has 0 amide bonds. The Morgan fingerprint density at radius 1 is 1.28 bits per heavy atom. The van der Waals surface area contributed by atoms with Gasteiger partial charge in [-0.1, -0.05) is 6.07 Å². The summed E-state index contributed by atoms with van der Waals surface area (Å²) in [5.41, 5.74) is 0.920. The van der Waals surface area contributed by atoms with Crippen LogP contribution in [0.2, 0.25) is 0 Å². The van der Waals surface area contributed by atoms with Crippen LogP contribution < -0.4 is 10.0 Å². The number of hydrogen-bond donors (Lipinski definition) is 2. The van der Waals surface area contributed by atoms with E-state index >= 15 is 0 Å². The molecule has 0 heterocycles. The number of halogens is 2. The molecular formula is C11H18BrClN2O2S. The Hall–Kier alpha value is -0.140. The molecule has 0 unspecified atom stereocenters. The van der Waals surface area contributed by atoms with E-state index in [0.717, 1.165) is 18.5 Å². The molecule has 0 radical (unpaired) electrons. The highest BCUT2D eigenvalue weighted by Crippen LogP contribution is 2.22. The molecule has 0 aliphatic rings. The maximum absolute atomic E-state index is 12.0. The van der Waals surface area contributed by atoms with Crippen LogP contribution in [-0.4, -0.2) is 28.6 Å². The third kappa shape index (κ3) is 5.24. The van der Waals surface area contributed by atoms with E-state index < -0.39 is 10.0 Å². The van der Waals surface area contributed by atoms with Crippen LogP contribution in [-0.2, 0) is 10.0 Å². The van der Waals surface area contributed by atoms with Gasteiger partial charge >= 0.3 is 0 Å². The molecule has 1 aromatic rings. The first-order valence-electron chi connectivity index (χ1n) is 5.38. The summed E-state index contributed by atoms with van der Waals surface area (Å²) in [6, 6.07) is 5.27. The normalized spacial score (nSPS) is 11.1. The van der Waals surface area contributed by atoms with Gasteiger partial charge in [0, 0.05) is 11.0 Å². The molecule has 0 spiro atoms. The van der Waals surface area contributed by atoms with Crippen molar-refractivity contribution in [2.75, 3.05) is 20.1 Å². The molecular weight excluding hydrogens is 340 g/mol. The molecule has 0 aliphatic carbocycles. The van der Waals surface area contributed by atoms with Crippen LogP contribution in [0.25, 0.3) is 0 Å². The minimum Gasteiger partial charge on any atom is -0.320 e. The lowest BCUT2D eigenvalue weighted by atomic mass is 10.2. The maximum Gasteiger partial charge on any atom is 0.241 e. The highest BCUT2D eigenvalue weighted by Gasteiger charge is 2.16. The largest absolute Gasteiger partial charge is 0.320 e. The SMILES string of the molecule is CNCCCNS(=O)(=O)c1cc(C)ccc1Br.Cl. The Kier molecular flexibility index (Phi) is 8.05. The van der Waals surface area contributed by atoms with Crippen LogP contribution in [0.5, 0.6) is 0 Å². The van der Waals surface area contributed by atoms with E-state index in [-0.39, 0.29) is 12.4 Å². The fourth-order valence-corrected chi connectivity index (χ4v) is 3.49. The van der Waals surface area contributed by atoms with Gasteiger partial charge in [-0.3, -0.25) is 0 Å². The first-order valence-corrected chi connectivity index (χ1v) is 7.65. The summed E-state index contributed by atoms with van der Waals surface area (Å²) < 4.78 is 27.2. The van der Waals surface area contributed by atoms with E-state index in [1.165, 1.54) is 0 Å². The molecule has 18 heavy (non-hydrogen) atoms. The second-order valence-corrected chi connectivity index (χ2v) is 6.38. The number of hydrogen-bond acceptors (Lipinski definition) is 3. The third-order valence-corrected chi connectivity index (χ3v) is 4.73. The van der Waals surface area contributed by atoms with E-state index in [9.17, 15) is 8.42 Å². The minimum atomic E-state index is -3.42. The molecule has 0 bridgehead atoms. The third-order valence-electron chi connectivity index (χ3n) is 2.27. The fourth-order valence-electron chi connectivity index (χ4n) is 1.37. The molecule has 7 heteroatoms. The summed E-state index contributed by atoms with van der Waals surface area (Å²) in [6.07, 6.45) is 0.763. The molecule has 0 saturated carbocycles. The molecule has 2 N–H and O–H groups in total. The van der Waals surface area contributed by atoms with E-state index in [1.807, 2.05) is 20.0 Å². The lowest BCUT2D eigenvalue weighted by molar-refractivity contribution is 0.576. The monoisotopic (exact) mass is 356 g/mol. The Labute approximate surface area is 123 Å². The van der Waals surface area contributed by atoms with Gasteiger partial charge in [0.05, 0.1) is 4.90 Å². The fraction of sp³-hybridized carbons (Fsp3) is 0.455. The maximum atomic E-state index is 12.0. The second-order valence-electron chi connectivity index (χ2n) is 3.79. The van der Waals surface area contributed by atoms with Gasteiger partial charge in [0.25, 0.3) is 0 Å². The van der Waals surface area contributed by atoms with Crippen LogP contribution in [0.15, 0.2) is 27.6 Å². The number of rotatable bonds is 6. The summed E-state index contributed by atoms with van der Waals surface area (Å²) in [4.78, 5) is 0.293. The van der Waals surface area contributed by atoms with Gasteiger partial charge in [0.1, 0.15) is 0 Å². The van der Waals surface area contributed by atoms with Crippen molar-refractivity contribution in [3.63, 3.8) is 0 Å². The molecule has 104 valence electrons. The van der Waals surface area contributed by atoms with Crippen LogP contribution in [0, 0.1) is 6.92 Å². The molecule has 1 rings (SSSR count). The highest BCUT2D eigenvalue weighted by molar-refractivity contribution is 9.10. The van der Waals surface area contributed by atoms with Gasteiger partial charge in [-0.15, -0.1) is 12.4 Å². The van der Waals surface area contributed by atoms with Gasteiger partial charge in [0.15, 0.2) is 0 Å². The molecule has 0 saturated heterocycles. The van der Waals surface area contributed by atoms with Crippen molar-refractivity contribution in [1.82, 2.24) is 10.0 Å². The van der Waals surface area contributed by atoms with E-state index in [2.05, 4.69) is 26.0 Å². The smallest absolute Gasteiger partial charge is 0.241 e. The predicted octanol–water partition coefficient (Wildman–Crippen LogP) is 2.07. The number of nitrogens with one attached hydrogen (secondary N) is 2. The molecule has 0 aromatic heterocycles. The van der Waals surface area contributed by atoms with Crippen molar-refractivity contribution >= 4 is 38.4 Å². The number of aryl methyl sites for hydroxylation is 1. The minimum absolute atomic E-state index is 0. The van der Waals surface area contributed by atoms with E-state index in [1.54, 1.807) is 12.1 Å². The summed E-state index contributed by atoms with van der Waals surface area (Å²) in [5, 5.41) is 2.97. The Balaban J connectivity index is 0.00000289. The van der Waals surface area contributed by atoms with Gasteiger partial charge in [-0.25, -0.2) is 13.1 Å². The van der Waals surface area contributed by atoms with Crippen LogP contribution in [0.1, 0.15) is 12.0 Å². The molecule has 0 aliphatic heterocycles. The zero-order valence-electron chi connectivity index (χ0n) is 10.4. The zero-order chi connectivity index (χ0) is 12.9. The summed E-state index contributed by atoms with van der Waals surface area (Å²) >= 11 is 3.26. The standard InChI is InChI=1S/C11H17BrN2O2S.ClH/c1-9-4-5-10(12)11(8-9)17(15,16)14-7-3-6-13-2;/h4-5,8,13-14H,3,6-7H2,1-2H3;1H. The van der Waals surface area contributed by atoms with Crippen LogP contribution in [0.4, 0.5) is 0 Å². The van der Waals surface area contributed by atoms with E-state index in [0.29, 0.717) is 15.9 Å². The predicted molar refractivity (Wildman–Crippen MR) is 79.9 cm³/mol. The lowest BCUT2D eigenvalue weighted by Crippen LogP contribution is -2.27. The van der Waals surface area contributed by atoms with Gasteiger partial charge in [-0.05, 0) is 60.6 Å². The first kappa shape index (κ1) is 17.9. The highest BCUT2D eigenvalue weighted by atomic mass is 79.9. The van der Waals surface area contributed by atoms with Crippen molar-refractivity contribution in [1.29, 1.82) is 0 Å². The Morgan fingerprint density at radius 3 is 2.56 bits per heavy atom. The van der Waals surface area contributed by atoms with Crippen molar-refractivity contribution in [2.45, 2.75) is 18.2 Å². The second kappa shape index (κ2) is 8.12. The average Bonchev–Trinajstić information content (AvgIpc) is 2.28. The Bertz CT molecular complexity index is 480. The van der Waals surface area contributed by atoms with Crippen LogP contribution >= 0.6 is 28.3 Å². The van der Waals surface area contributed by atoms with E-state index in [4.69, 9.17) is 0 Å². The van der Waals surface area contributed by atoms with Gasteiger partial charge < -0.3 is 5.32 Å². The summed E-state index contributed by atoms with van der Waals surface area (Å²) in [6.45, 7) is 3.09. The number of sulfonamides is 1. The molecule has 4 nitrogen and oxygen atoms in total. The molecule has 1 aromatic carbocycles. The molecule has 0 fully saturated rings. The first-order chi connectivity index (χ1) is 7.97. The topological polar surface area (TPSA) is 58.2 Å². The number of benzene rings is 1. The van der Waals surface area contributed by atoms with Crippen molar-refractivity contribution < 1.29 is 8.42 Å². The van der Waals surface area contributed by atoms with Crippen molar-refractivity contribution in [3.05, 3.63) is 28.2 Å². The van der Waals surface area contributed by atoms with Crippen molar-refractivity contribution in [3.8, 4) is 0 Å². The average molecular weight is 358 g/mol. The van der Waals surface area contributed by atoms with Crippen molar-refractivity contribution in [2.24, 2.45) is 0 Å². The summed E-state index contributed by atoms with van der Waals surface area (Å²) in [5.74, 6) is 0. The van der Waals surface area contributed by atoms with Crippen LogP contribution in [0.3, 0.4) is 0 Å². The quantitative estimate of drug-likeness (QED) is 0.766. The van der Waals surface area contributed by atoms with Gasteiger partial charge in [0.2, 0.25) is 10.0 Å². The summed E-state index contributed by atoms with van der Waals surface area (Å²) in [7, 11) is -1.58. The van der Waals surface area contributed by atoms with Gasteiger partial charge in [-0.2, -0.15) is 0 Å². The zero-order valence-corrected chi connectivity index (χ0v) is 13.6. The Morgan fingerprint density at radius 2 is 1.94 bits per heavy atom. The molecule has 0 atom stereocenters.